The number of halogens is 1. The van der Waals surface area contributed by atoms with Crippen molar-refractivity contribution in [3.8, 4) is 11.3 Å². The molecule has 136 valence electrons. The minimum atomic E-state index is 0.567. The second-order valence-electron chi connectivity index (χ2n) is 6.13. The molecule has 1 aromatic carbocycles. The number of H-pyrrole nitrogens is 1. The molecule has 26 heavy (non-hydrogen) atoms. The van der Waals surface area contributed by atoms with Crippen molar-refractivity contribution in [2.45, 2.75) is 13.1 Å². The number of aliphatic imine (C=N–C) groups is 1. The maximum atomic E-state index is 6.06. The maximum Gasteiger partial charge on any atom is 0.194 e. The van der Waals surface area contributed by atoms with Crippen LogP contribution in [0, 0.1) is 0 Å². The summed E-state index contributed by atoms with van der Waals surface area (Å²) in [5.41, 5.74) is 3.24. The third-order valence-corrected chi connectivity index (χ3v) is 4.38. The van der Waals surface area contributed by atoms with Gasteiger partial charge in [-0.3, -0.25) is 4.99 Å². The molecule has 7 heteroatoms. The van der Waals surface area contributed by atoms with Crippen molar-refractivity contribution >= 4 is 17.6 Å². The fourth-order valence-electron chi connectivity index (χ4n) is 2.81. The first kappa shape index (κ1) is 18.1. The van der Waals surface area contributed by atoms with Crippen molar-refractivity contribution in [2.24, 2.45) is 12.0 Å². The Hall–Kier alpha value is -2.73. The lowest BCUT2D eigenvalue weighted by atomic mass is 10.2. The molecular formula is C19H23ClN6. The number of rotatable bonds is 5. The Morgan fingerprint density at radius 3 is 2.77 bits per heavy atom. The van der Waals surface area contributed by atoms with Gasteiger partial charge in [0.15, 0.2) is 5.96 Å². The van der Waals surface area contributed by atoms with Crippen LogP contribution in [0.25, 0.3) is 11.3 Å². The topological polar surface area (TPSA) is 61.2 Å². The number of hydrogen-bond donors (Lipinski definition) is 2. The fourth-order valence-corrected chi connectivity index (χ4v) is 3.08. The van der Waals surface area contributed by atoms with Gasteiger partial charge in [0.25, 0.3) is 0 Å². The van der Waals surface area contributed by atoms with Gasteiger partial charge in [0.2, 0.25) is 0 Å². The third kappa shape index (κ3) is 4.26. The summed E-state index contributed by atoms with van der Waals surface area (Å²) in [5.74, 6) is 1.65. The lowest BCUT2D eigenvalue weighted by Gasteiger charge is -2.22. The number of benzene rings is 1. The zero-order valence-corrected chi connectivity index (χ0v) is 16.0. The summed E-state index contributed by atoms with van der Waals surface area (Å²) in [5, 5.41) is 4.08. The molecule has 0 aliphatic rings. The Balaban J connectivity index is 1.61. The summed E-state index contributed by atoms with van der Waals surface area (Å²) in [6.45, 7) is 1.27. The lowest BCUT2D eigenvalue weighted by molar-refractivity contribution is 0.461. The zero-order chi connectivity index (χ0) is 18.5. The second kappa shape index (κ2) is 8.10. The van der Waals surface area contributed by atoms with Gasteiger partial charge in [-0.2, -0.15) is 0 Å². The van der Waals surface area contributed by atoms with Crippen LogP contribution in [-0.4, -0.2) is 39.5 Å². The van der Waals surface area contributed by atoms with E-state index >= 15 is 0 Å². The Bertz CT molecular complexity index is 881. The molecule has 0 fully saturated rings. The number of guanidine groups is 1. The average molecular weight is 371 g/mol. The molecule has 0 bridgehead atoms. The van der Waals surface area contributed by atoms with E-state index in [-0.39, 0.29) is 0 Å². The summed E-state index contributed by atoms with van der Waals surface area (Å²) in [7, 11) is 5.75. The highest BCUT2D eigenvalue weighted by atomic mass is 35.5. The molecule has 0 saturated carbocycles. The smallest absolute Gasteiger partial charge is 0.194 e. The third-order valence-electron chi connectivity index (χ3n) is 4.17. The molecular weight excluding hydrogens is 348 g/mol. The molecule has 0 amide bonds. The highest BCUT2D eigenvalue weighted by Gasteiger charge is 2.10. The SMILES string of the molecule is CN=C(NCc1ncc(-c2ccccc2)[nH]1)N(C)Cc1cc(Cl)cn1C. The first-order valence-electron chi connectivity index (χ1n) is 8.38. The monoisotopic (exact) mass is 370 g/mol. The predicted octanol–water partition coefficient (Wildman–Crippen LogP) is 3.28. The number of hydrogen-bond acceptors (Lipinski definition) is 2. The van der Waals surface area contributed by atoms with Crippen LogP contribution in [0.15, 0.2) is 53.8 Å². The van der Waals surface area contributed by atoms with Crippen molar-refractivity contribution in [2.75, 3.05) is 14.1 Å². The zero-order valence-electron chi connectivity index (χ0n) is 15.2. The van der Waals surface area contributed by atoms with Crippen LogP contribution in [0.4, 0.5) is 0 Å². The van der Waals surface area contributed by atoms with Crippen molar-refractivity contribution in [3.63, 3.8) is 0 Å². The molecule has 2 heterocycles. The summed E-state index contributed by atoms with van der Waals surface area (Å²) in [6, 6.07) is 12.1. The number of aryl methyl sites for hydroxylation is 1. The maximum absolute atomic E-state index is 6.06. The van der Waals surface area contributed by atoms with Crippen LogP contribution in [0.3, 0.4) is 0 Å². The molecule has 0 unspecified atom stereocenters. The van der Waals surface area contributed by atoms with E-state index in [1.807, 2.05) is 60.2 Å². The number of imidazole rings is 1. The van der Waals surface area contributed by atoms with E-state index in [1.165, 1.54) is 0 Å². The van der Waals surface area contributed by atoms with Gasteiger partial charge in [-0.05, 0) is 11.6 Å². The molecule has 0 atom stereocenters. The molecule has 2 aromatic heterocycles. The largest absolute Gasteiger partial charge is 0.351 e. The van der Waals surface area contributed by atoms with E-state index < -0.39 is 0 Å². The van der Waals surface area contributed by atoms with E-state index in [1.54, 1.807) is 7.05 Å². The van der Waals surface area contributed by atoms with Crippen LogP contribution >= 0.6 is 11.6 Å². The molecule has 0 radical (unpaired) electrons. The van der Waals surface area contributed by atoms with Gasteiger partial charge in [0.05, 0.1) is 30.0 Å². The van der Waals surface area contributed by atoms with Gasteiger partial charge >= 0.3 is 0 Å². The molecule has 6 nitrogen and oxygen atoms in total. The van der Waals surface area contributed by atoms with Gasteiger partial charge < -0.3 is 19.8 Å². The van der Waals surface area contributed by atoms with Crippen molar-refractivity contribution in [1.82, 2.24) is 24.8 Å². The molecule has 3 rings (SSSR count). The summed E-state index contributed by atoms with van der Waals surface area (Å²) in [4.78, 5) is 14.2. The number of aromatic amines is 1. The van der Waals surface area contributed by atoms with E-state index in [4.69, 9.17) is 11.6 Å². The first-order chi connectivity index (χ1) is 12.6. The second-order valence-corrected chi connectivity index (χ2v) is 6.56. The molecule has 0 aliphatic carbocycles. The van der Waals surface area contributed by atoms with Crippen LogP contribution in [0.2, 0.25) is 5.02 Å². The van der Waals surface area contributed by atoms with Crippen LogP contribution in [0.1, 0.15) is 11.5 Å². The molecule has 0 spiro atoms. The Morgan fingerprint density at radius 2 is 2.12 bits per heavy atom. The standard InChI is InChI=1S/C19H23ClN6/c1-21-19(26(3)13-16-9-15(20)12-25(16)2)23-11-18-22-10-17(24-18)14-7-5-4-6-8-14/h4-10,12H,11,13H2,1-3H3,(H,21,23)(H,22,24). The highest BCUT2D eigenvalue weighted by Crippen LogP contribution is 2.16. The highest BCUT2D eigenvalue weighted by molar-refractivity contribution is 6.30. The molecule has 0 saturated heterocycles. The van der Waals surface area contributed by atoms with E-state index in [9.17, 15) is 0 Å². The van der Waals surface area contributed by atoms with Gasteiger partial charge in [-0.25, -0.2) is 4.98 Å². The normalized spacial score (nSPS) is 11.6. The number of nitrogens with one attached hydrogen (secondary N) is 2. The minimum absolute atomic E-state index is 0.567. The fraction of sp³-hybridized carbons (Fsp3) is 0.263. The van der Waals surface area contributed by atoms with Gasteiger partial charge in [0, 0.05) is 33.0 Å². The van der Waals surface area contributed by atoms with Gasteiger partial charge in [-0.15, -0.1) is 0 Å². The number of aromatic nitrogens is 3. The number of nitrogens with zero attached hydrogens (tertiary/aromatic N) is 4. The summed E-state index contributed by atoms with van der Waals surface area (Å²) < 4.78 is 2.02. The van der Waals surface area contributed by atoms with Gasteiger partial charge in [-0.1, -0.05) is 41.9 Å². The van der Waals surface area contributed by atoms with Crippen LogP contribution in [0.5, 0.6) is 0 Å². The minimum Gasteiger partial charge on any atom is -0.351 e. The van der Waals surface area contributed by atoms with E-state index in [2.05, 4.69) is 32.4 Å². The quantitative estimate of drug-likeness (QED) is 0.535. The summed E-state index contributed by atoms with van der Waals surface area (Å²) in [6.07, 6.45) is 3.75. The van der Waals surface area contributed by atoms with Crippen LogP contribution < -0.4 is 5.32 Å². The predicted molar refractivity (Wildman–Crippen MR) is 106 cm³/mol. The van der Waals surface area contributed by atoms with Crippen molar-refractivity contribution in [1.29, 1.82) is 0 Å². The Kier molecular flexibility index (Phi) is 5.63. The Morgan fingerprint density at radius 1 is 1.35 bits per heavy atom. The van der Waals surface area contributed by atoms with E-state index in [0.29, 0.717) is 13.1 Å². The van der Waals surface area contributed by atoms with Crippen molar-refractivity contribution < 1.29 is 0 Å². The molecule has 0 aliphatic heterocycles. The van der Waals surface area contributed by atoms with Crippen LogP contribution in [-0.2, 0) is 20.1 Å². The first-order valence-corrected chi connectivity index (χ1v) is 8.76. The Labute approximate surface area is 158 Å². The van der Waals surface area contributed by atoms with E-state index in [0.717, 1.165) is 33.8 Å². The average Bonchev–Trinajstić information content (AvgIpc) is 3.23. The lowest BCUT2D eigenvalue weighted by Crippen LogP contribution is -2.38. The van der Waals surface area contributed by atoms with Gasteiger partial charge in [0.1, 0.15) is 5.82 Å². The van der Waals surface area contributed by atoms with Crippen molar-refractivity contribution in [3.05, 3.63) is 65.3 Å². The molecule has 2 N–H and O–H groups in total. The summed E-state index contributed by atoms with van der Waals surface area (Å²) >= 11 is 6.06. The molecule has 3 aromatic rings.